The zero-order valence-corrected chi connectivity index (χ0v) is 11.2. The SMILES string of the molecule is CC(C)CC(CN)C(=O)NCC1(C2CC2)CC1. The Kier molecular flexibility index (Phi) is 3.76. The van der Waals surface area contributed by atoms with Crippen LogP contribution in [0.15, 0.2) is 0 Å². The predicted octanol–water partition coefficient (Wildman–Crippen LogP) is 1.91. The summed E-state index contributed by atoms with van der Waals surface area (Å²) in [6.45, 7) is 5.65. The van der Waals surface area contributed by atoms with Crippen molar-refractivity contribution in [1.29, 1.82) is 0 Å². The summed E-state index contributed by atoms with van der Waals surface area (Å²) in [5, 5.41) is 3.14. The predicted molar refractivity (Wildman–Crippen MR) is 69.4 cm³/mol. The molecule has 0 spiro atoms. The zero-order valence-electron chi connectivity index (χ0n) is 11.2. The second kappa shape index (κ2) is 4.97. The van der Waals surface area contributed by atoms with Crippen LogP contribution in [0.5, 0.6) is 0 Å². The van der Waals surface area contributed by atoms with Gasteiger partial charge in [0.15, 0.2) is 0 Å². The molecule has 2 fully saturated rings. The third kappa shape index (κ3) is 3.21. The summed E-state index contributed by atoms with van der Waals surface area (Å²) in [6, 6.07) is 0. The number of nitrogens with two attached hydrogens (primary N) is 1. The van der Waals surface area contributed by atoms with Crippen molar-refractivity contribution in [2.45, 2.75) is 46.0 Å². The second-order valence-electron chi connectivity index (χ2n) is 6.42. The molecule has 0 saturated heterocycles. The van der Waals surface area contributed by atoms with Crippen molar-refractivity contribution in [3.8, 4) is 0 Å². The van der Waals surface area contributed by atoms with Gasteiger partial charge in [0, 0.05) is 13.1 Å². The molecular formula is C14H26N2O. The lowest BCUT2D eigenvalue weighted by atomic mass is 9.95. The number of carbonyl (C=O) groups excluding carboxylic acids is 1. The van der Waals surface area contributed by atoms with Gasteiger partial charge in [-0.25, -0.2) is 0 Å². The number of rotatable bonds is 7. The summed E-state index contributed by atoms with van der Waals surface area (Å²) in [5.41, 5.74) is 6.18. The summed E-state index contributed by atoms with van der Waals surface area (Å²) in [7, 11) is 0. The number of hydrogen-bond donors (Lipinski definition) is 2. The fourth-order valence-electron chi connectivity index (χ4n) is 2.87. The molecule has 0 aliphatic heterocycles. The van der Waals surface area contributed by atoms with E-state index in [1.165, 1.54) is 25.7 Å². The van der Waals surface area contributed by atoms with Crippen LogP contribution >= 0.6 is 0 Å². The standard InChI is InChI=1S/C14H26N2O/c1-10(2)7-11(8-15)13(17)16-9-14(5-6-14)12-3-4-12/h10-12H,3-9,15H2,1-2H3,(H,16,17). The molecule has 1 atom stereocenters. The first kappa shape index (κ1) is 12.9. The molecule has 0 aromatic carbocycles. The third-order valence-electron chi connectivity index (χ3n) is 4.36. The fraction of sp³-hybridized carbons (Fsp3) is 0.929. The van der Waals surface area contributed by atoms with Crippen LogP contribution in [0.25, 0.3) is 0 Å². The maximum Gasteiger partial charge on any atom is 0.224 e. The van der Waals surface area contributed by atoms with Gasteiger partial charge in [-0.3, -0.25) is 4.79 Å². The number of amides is 1. The Morgan fingerprint density at radius 1 is 1.41 bits per heavy atom. The quantitative estimate of drug-likeness (QED) is 0.712. The molecule has 1 amide bonds. The second-order valence-corrected chi connectivity index (χ2v) is 6.42. The van der Waals surface area contributed by atoms with Crippen LogP contribution in [0, 0.1) is 23.2 Å². The van der Waals surface area contributed by atoms with E-state index >= 15 is 0 Å². The van der Waals surface area contributed by atoms with E-state index in [0.29, 0.717) is 17.9 Å². The smallest absolute Gasteiger partial charge is 0.224 e. The van der Waals surface area contributed by atoms with Crippen LogP contribution in [0.4, 0.5) is 0 Å². The van der Waals surface area contributed by atoms with Crippen LogP contribution in [-0.4, -0.2) is 19.0 Å². The van der Waals surface area contributed by atoms with Crippen molar-refractivity contribution in [2.24, 2.45) is 28.9 Å². The van der Waals surface area contributed by atoms with Gasteiger partial charge in [0.1, 0.15) is 0 Å². The summed E-state index contributed by atoms with van der Waals surface area (Å²) in [4.78, 5) is 12.0. The first-order valence-electron chi connectivity index (χ1n) is 7.05. The van der Waals surface area contributed by atoms with E-state index in [0.717, 1.165) is 18.9 Å². The molecule has 0 heterocycles. The molecule has 3 N–H and O–H groups in total. The van der Waals surface area contributed by atoms with Crippen LogP contribution < -0.4 is 11.1 Å². The van der Waals surface area contributed by atoms with Crippen LogP contribution in [0.1, 0.15) is 46.0 Å². The molecule has 2 rings (SSSR count). The third-order valence-corrected chi connectivity index (χ3v) is 4.36. The molecule has 2 saturated carbocycles. The Labute approximate surface area is 105 Å². The molecule has 0 aromatic rings. The lowest BCUT2D eigenvalue weighted by Crippen LogP contribution is -2.39. The van der Waals surface area contributed by atoms with E-state index in [-0.39, 0.29) is 11.8 Å². The van der Waals surface area contributed by atoms with Gasteiger partial charge >= 0.3 is 0 Å². The molecule has 0 aromatic heterocycles. The minimum absolute atomic E-state index is 0.00463. The van der Waals surface area contributed by atoms with Gasteiger partial charge in [-0.15, -0.1) is 0 Å². The Morgan fingerprint density at radius 3 is 2.47 bits per heavy atom. The minimum atomic E-state index is 0.00463. The molecule has 2 aliphatic carbocycles. The largest absolute Gasteiger partial charge is 0.355 e. The minimum Gasteiger partial charge on any atom is -0.355 e. The maximum absolute atomic E-state index is 12.0. The highest BCUT2D eigenvalue weighted by Gasteiger charge is 2.53. The first-order chi connectivity index (χ1) is 8.07. The zero-order chi connectivity index (χ0) is 12.5. The number of hydrogen-bond acceptors (Lipinski definition) is 2. The van der Waals surface area contributed by atoms with E-state index in [2.05, 4.69) is 19.2 Å². The number of nitrogens with one attached hydrogen (secondary N) is 1. The van der Waals surface area contributed by atoms with Gasteiger partial charge in [0.05, 0.1) is 5.92 Å². The lowest BCUT2D eigenvalue weighted by molar-refractivity contribution is -0.125. The monoisotopic (exact) mass is 238 g/mol. The Bertz CT molecular complexity index is 280. The molecule has 3 heteroatoms. The topological polar surface area (TPSA) is 55.1 Å². The van der Waals surface area contributed by atoms with Gasteiger partial charge < -0.3 is 11.1 Å². The van der Waals surface area contributed by atoms with Crippen LogP contribution in [0.3, 0.4) is 0 Å². The summed E-state index contributed by atoms with van der Waals surface area (Å²) in [6.07, 6.45) is 6.29. The molecular weight excluding hydrogens is 212 g/mol. The molecule has 2 aliphatic rings. The summed E-state index contributed by atoms with van der Waals surface area (Å²) >= 11 is 0. The van der Waals surface area contributed by atoms with Crippen molar-refractivity contribution >= 4 is 5.91 Å². The Hall–Kier alpha value is -0.570. The molecule has 98 valence electrons. The van der Waals surface area contributed by atoms with Gasteiger partial charge in [-0.2, -0.15) is 0 Å². The molecule has 1 unspecified atom stereocenters. The van der Waals surface area contributed by atoms with Crippen molar-refractivity contribution in [2.75, 3.05) is 13.1 Å². The Balaban J connectivity index is 1.75. The molecule has 3 nitrogen and oxygen atoms in total. The van der Waals surface area contributed by atoms with Crippen molar-refractivity contribution in [1.82, 2.24) is 5.32 Å². The average Bonchev–Trinajstić information content (AvgIpc) is 3.14. The van der Waals surface area contributed by atoms with E-state index in [1.54, 1.807) is 0 Å². The van der Waals surface area contributed by atoms with Crippen molar-refractivity contribution < 1.29 is 4.79 Å². The lowest BCUT2D eigenvalue weighted by Gasteiger charge is -2.20. The first-order valence-corrected chi connectivity index (χ1v) is 7.05. The maximum atomic E-state index is 12.0. The normalized spacial score (nSPS) is 23.5. The van der Waals surface area contributed by atoms with E-state index in [4.69, 9.17) is 5.73 Å². The summed E-state index contributed by atoms with van der Waals surface area (Å²) < 4.78 is 0. The van der Waals surface area contributed by atoms with Gasteiger partial charge in [0.25, 0.3) is 0 Å². The van der Waals surface area contributed by atoms with E-state index in [9.17, 15) is 4.79 Å². The molecule has 17 heavy (non-hydrogen) atoms. The molecule has 0 bridgehead atoms. The van der Waals surface area contributed by atoms with Gasteiger partial charge in [-0.1, -0.05) is 13.8 Å². The molecule has 0 radical (unpaired) electrons. The highest BCUT2D eigenvalue weighted by atomic mass is 16.1. The van der Waals surface area contributed by atoms with E-state index < -0.39 is 0 Å². The Morgan fingerprint density at radius 2 is 2.06 bits per heavy atom. The highest BCUT2D eigenvalue weighted by Crippen LogP contribution is 2.60. The summed E-state index contributed by atoms with van der Waals surface area (Å²) in [5.74, 6) is 1.62. The average molecular weight is 238 g/mol. The van der Waals surface area contributed by atoms with E-state index in [1.807, 2.05) is 0 Å². The van der Waals surface area contributed by atoms with Crippen molar-refractivity contribution in [3.05, 3.63) is 0 Å². The number of carbonyl (C=O) groups is 1. The van der Waals surface area contributed by atoms with Gasteiger partial charge in [-0.05, 0) is 49.4 Å². The van der Waals surface area contributed by atoms with Crippen molar-refractivity contribution in [3.63, 3.8) is 0 Å². The highest BCUT2D eigenvalue weighted by molar-refractivity contribution is 5.78. The fourth-order valence-corrected chi connectivity index (χ4v) is 2.87. The van der Waals surface area contributed by atoms with Gasteiger partial charge in [0.2, 0.25) is 5.91 Å². The van der Waals surface area contributed by atoms with Crippen LogP contribution in [-0.2, 0) is 4.79 Å². The van der Waals surface area contributed by atoms with Crippen LogP contribution in [0.2, 0.25) is 0 Å².